The number of nitrogens with one attached hydrogen (secondary N) is 1. The zero-order valence-corrected chi connectivity index (χ0v) is 12.7. The zero-order valence-electron chi connectivity index (χ0n) is 12.7. The summed E-state index contributed by atoms with van der Waals surface area (Å²) in [5.41, 5.74) is 7.28. The van der Waals surface area contributed by atoms with Crippen LogP contribution in [0.25, 0.3) is 0 Å². The molecular weight excluding hydrogens is 250 g/mol. The van der Waals surface area contributed by atoms with Crippen LogP contribution in [0.5, 0.6) is 0 Å². The molecule has 0 saturated heterocycles. The first-order chi connectivity index (χ1) is 9.69. The van der Waals surface area contributed by atoms with Crippen LogP contribution in [0.4, 0.5) is 5.69 Å². The topological polar surface area (TPSA) is 58.4 Å². The van der Waals surface area contributed by atoms with Gasteiger partial charge < -0.3 is 16.0 Å². The fourth-order valence-corrected chi connectivity index (χ4v) is 1.96. The van der Waals surface area contributed by atoms with Crippen LogP contribution >= 0.6 is 0 Å². The van der Waals surface area contributed by atoms with Crippen LogP contribution in [-0.4, -0.2) is 32.6 Å². The van der Waals surface area contributed by atoms with Crippen LogP contribution in [0.2, 0.25) is 0 Å². The maximum Gasteiger partial charge on any atom is 0.251 e. The van der Waals surface area contributed by atoms with E-state index in [1.807, 2.05) is 24.3 Å². The van der Waals surface area contributed by atoms with E-state index in [0.717, 1.165) is 25.1 Å². The van der Waals surface area contributed by atoms with Crippen molar-refractivity contribution in [2.24, 2.45) is 5.73 Å². The number of benzene rings is 1. The quantitative estimate of drug-likeness (QED) is 0.681. The van der Waals surface area contributed by atoms with Crippen LogP contribution in [0.1, 0.15) is 43.0 Å². The molecule has 1 aromatic carbocycles. The fraction of sp³-hybridized carbons (Fsp3) is 0.562. The van der Waals surface area contributed by atoms with Gasteiger partial charge in [-0.1, -0.05) is 13.3 Å². The van der Waals surface area contributed by atoms with Crippen molar-refractivity contribution in [3.63, 3.8) is 0 Å². The zero-order chi connectivity index (χ0) is 14.8. The highest BCUT2D eigenvalue weighted by Gasteiger charge is 2.06. The molecule has 0 aromatic heterocycles. The smallest absolute Gasteiger partial charge is 0.251 e. The summed E-state index contributed by atoms with van der Waals surface area (Å²) in [7, 11) is 2.08. The molecule has 1 rings (SSSR count). The molecule has 0 bridgehead atoms. The normalized spacial score (nSPS) is 10.3. The molecule has 0 aliphatic carbocycles. The van der Waals surface area contributed by atoms with Gasteiger partial charge in [-0.3, -0.25) is 4.79 Å². The molecule has 0 aliphatic rings. The van der Waals surface area contributed by atoms with Crippen molar-refractivity contribution >= 4 is 11.6 Å². The molecule has 0 unspecified atom stereocenters. The minimum Gasteiger partial charge on any atom is -0.375 e. The molecule has 4 heteroatoms. The lowest BCUT2D eigenvalue weighted by Crippen LogP contribution is -2.25. The number of amides is 1. The second-order valence-electron chi connectivity index (χ2n) is 5.07. The summed E-state index contributed by atoms with van der Waals surface area (Å²) >= 11 is 0. The van der Waals surface area contributed by atoms with Gasteiger partial charge in [-0.25, -0.2) is 0 Å². The third-order valence-corrected chi connectivity index (χ3v) is 3.33. The number of carbonyl (C=O) groups is 1. The van der Waals surface area contributed by atoms with Crippen molar-refractivity contribution < 1.29 is 4.79 Å². The first-order valence-electron chi connectivity index (χ1n) is 7.48. The Labute approximate surface area is 122 Å². The Kier molecular flexibility index (Phi) is 7.73. The minimum absolute atomic E-state index is 0.00946. The average Bonchev–Trinajstić information content (AvgIpc) is 2.49. The number of hydrogen-bond acceptors (Lipinski definition) is 3. The van der Waals surface area contributed by atoms with Gasteiger partial charge in [0.05, 0.1) is 0 Å². The van der Waals surface area contributed by atoms with E-state index in [4.69, 9.17) is 5.73 Å². The summed E-state index contributed by atoms with van der Waals surface area (Å²) in [6, 6.07) is 7.78. The van der Waals surface area contributed by atoms with Gasteiger partial charge in [0, 0.05) is 31.4 Å². The van der Waals surface area contributed by atoms with E-state index < -0.39 is 0 Å². The second kappa shape index (κ2) is 9.37. The first kappa shape index (κ1) is 16.5. The lowest BCUT2D eigenvalue weighted by Gasteiger charge is -2.19. The molecule has 0 atom stereocenters. The number of nitrogens with zero attached hydrogens (tertiary/aromatic N) is 1. The number of unbranched alkanes of at least 4 members (excludes halogenated alkanes) is 2. The van der Waals surface area contributed by atoms with Gasteiger partial charge in [-0.05, 0) is 50.1 Å². The first-order valence-corrected chi connectivity index (χ1v) is 7.48. The SMILES string of the molecule is CCCCN(C)c1ccc(C(=O)NCCCCN)cc1. The Morgan fingerprint density at radius 2 is 1.90 bits per heavy atom. The third-order valence-electron chi connectivity index (χ3n) is 3.33. The molecule has 1 amide bonds. The molecule has 0 fully saturated rings. The van der Waals surface area contributed by atoms with E-state index in [9.17, 15) is 4.79 Å². The van der Waals surface area contributed by atoms with Crippen LogP contribution < -0.4 is 16.0 Å². The van der Waals surface area contributed by atoms with Crippen molar-refractivity contribution in [1.82, 2.24) is 5.32 Å². The molecule has 0 aliphatic heterocycles. The van der Waals surface area contributed by atoms with Crippen LogP contribution in [-0.2, 0) is 0 Å². The average molecular weight is 277 g/mol. The molecule has 0 heterocycles. The van der Waals surface area contributed by atoms with E-state index in [0.29, 0.717) is 18.7 Å². The van der Waals surface area contributed by atoms with Gasteiger partial charge in [0.25, 0.3) is 5.91 Å². The fourth-order valence-electron chi connectivity index (χ4n) is 1.96. The number of hydrogen-bond donors (Lipinski definition) is 2. The summed E-state index contributed by atoms with van der Waals surface area (Å²) in [6.45, 7) is 4.59. The Bertz CT molecular complexity index is 389. The summed E-state index contributed by atoms with van der Waals surface area (Å²) < 4.78 is 0. The molecule has 1 aromatic rings. The van der Waals surface area contributed by atoms with Gasteiger partial charge in [0.15, 0.2) is 0 Å². The standard InChI is InChI=1S/C16H27N3O/c1-3-4-13-19(2)15-9-7-14(8-10-15)16(20)18-12-6-5-11-17/h7-10H,3-6,11-13,17H2,1-2H3,(H,18,20). The third kappa shape index (κ3) is 5.61. The molecule has 112 valence electrons. The highest BCUT2D eigenvalue weighted by molar-refractivity contribution is 5.94. The molecular formula is C16H27N3O. The lowest BCUT2D eigenvalue weighted by molar-refractivity contribution is 0.0953. The van der Waals surface area contributed by atoms with Gasteiger partial charge in [-0.15, -0.1) is 0 Å². The van der Waals surface area contributed by atoms with Crippen molar-refractivity contribution in [3.05, 3.63) is 29.8 Å². The van der Waals surface area contributed by atoms with E-state index >= 15 is 0 Å². The highest BCUT2D eigenvalue weighted by Crippen LogP contribution is 2.14. The predicted molar refractivity (Wildman–Crippen MR) is 85.2 cm³/mol. The predicted octanol–water partition coefficient (Wildman–Crippen LogP) is 2.39. The van der Waals surface area contributed by atoms with Crippen LogP contribution in [0.3, 0.4) is 0 Å². The van der Waals surface area contributed by atoms with Crippen molar-refractivity contribution in [3.8, 4) is 0 Å². The molecule has 0 saturated carbocycles. The van der Waals surface area contributed by atoms with Gasteiger partial charge in [0.2, 0.25) is 0 Å². The molecule has 0 radical (unpaired) electrons. The van der Waals surface area contributed by atoms with Gasteiger partial charge in [-0.2, -0.15) is 0 Å². The molecule has 3 N–H and O–H groups in total. The van der Waals surface area contributed by atoms with Crippen LogP contribution in [0.15, 0.2) is 24.3 Å². The maximum atomic E-state index is 11.9. The lowest BCUT2D eigenvalue weighted by atomic mass is 10.1. The Morgan fingerprint density at radius 1 is 1.20 bits per heavy atom. The van der Waals surface area contributed by atoms with E-state index in [-0.39, 0.29) is 5.91 Å². The van der Waals surface area contributed by atoms with Gasteiger partial charge >= 0.3 is 0 Å². The largest absolute Gasteiger partial charge is 0.375 e. The van der Waals surface area contributed by atoms with Crippen molar-refractivity contribution in [2.45, 2.75) is 32.6 Å². The Balaban J connectivity index is 2.46. The van der Waals surface area contributed by atoms with Gasteiger partial charge in [0.1, 0.15) is 0 Å². The maximum absolute atomic E-state index is 11.9. The van der Waals surface area contributed by atoms with Crippen LogP contribution in [0, 0.1) is 0 Å². The minimum atomic E-state index is -0.00946. The molecule has 4 nitrogen and oxygen atoms in total. The summed E-state index contributed by atoms with van der Waals surface area (Å²) in [5.74, 6) is -0.00946. The summed E-state index contributed by atoms with van der Waals surface area (Å²) in [4.78, 5) is 14.1. The highest BCUT2D eigenvalue weighted by atomic mass is 16.1. The molecule has 20 heavy (non-hydrogen) atoms. The second-order valence-corrected chi connectivity index (χ2v) is 5.07. The Morgan fingerprint density at radius 3 is 2.50 bits per heavy atom. The van der Waals surface area contributed by atoms with E-state index in [1.54, 1.807) is 0 Å². The molecule has 0 spiro atoms. The monoisotopic (exact) mass is 277 g/mol. The number of anilines is 1. The van der Waals surface area contributed by atoms with E-state index in [1.165, 1.54) is 12.8 Å². The summed E-state index contributed by atoms with van der Waals surface area (Å²) in [6.07, 6.45) is 4.25. The number of carbonyl (C=O) groups excluding carboxylic acids is 1. The van der Waals surface area contributed by atoms with Crippen molar-refractivity contribution in [1.29, 1.82) is 0 Å². The number of rotatable bonds is 9. The summed E-state index contributed by atoms with van der Waals surface area (Å²) in [5, 5.41) is 2.91. The Hall–Kier alpha value is -1.55. The van der Waals surface area contributed by atoms with E-state index in [2.05, 4.69) is 24.2 Å². The van der Waals surface area contributed by atoms with Crippen molar-refractivity contribution in [2.75, 3.05) is 31.6 Å². The number of nitrogens with two attached hydrogens (primary N) is 1.